The number of fused-ring (bicyclic) bond motifs is 44. The molecular formula is C135H80N10. The number of rotatable bonds is 7. The van der Waals surface area contributed by atoms with Crippen LogP contribution in [0.15, 0.2) is 486 Å². The second kappa shape index (κ2) is 31.3. The van der Waals surface area contributed by atoms with Crippen molar-refractivity contribution in [1.29, 1.82) is 0 Å². The molecule has 30 aromatic rings. The van der Waals surface area contributed by atoms with Gasteiger partial charge in [-0.3, -0.25) is 28.2 Å². The van der Waals surface area contributed by atoms with Crippen molar-refractivity contribution in [1.82, 2.24) is 43.1 Å². The summed E-state index contributed by atoms with van der Waals surface area (Å²) < 4.78 is 6.99. The number of hydrogen-bond acceptors (Lipinski definition) is 7. The molecule has 0 saturated carbocycles. The van der Waals surface area contributed by atoms with Gasteiger partial charge in [-0.2, -0.15) is 0 Å². The minimum absolute atomic E-state index is 0.371. The summed E-state index contributed by atoms with van der Waals surface area (Å²) in [6.45, 7) is 0. The lowest BCUT2D eigenvalue weighted by molar-refractivity contribution is 0.794. The van der Waals surface area contributed by atoms with Crippen LogP contribution < -0.4 is 4.90 Å². The number of anilines is 3. The number of imidazole rings is 3. The van der Waals surface area contributed by atoms with Crippen molar-refractivity contribution < 1.29 is 0 Å². The van der Waals surface area contributed by atoms with Gasteiger partial charge in [-0.05, 0) is 259 Å². The molecule has 0 bridgehead atoms. The lowest BCUT2D eigenvalue weighted by Crippen LogP contribution is -2.25. The summed E-state index contributed by atoms with van der Waals surface area (Å²) in [5.41, 5.74) is 44.0. The first-order valence-electron chi connectivity index (χ1n) is 49.6. The number of benzene rings is 21. The molecule has 1 spiro atoms. The van der Waals surface area contributed by atoms with Gasteiger partial charge >= 0.3 is 0 Å². The molecular weight excluding hydrogens is 1760 g/mol. The predicted molar refractivity (Wildman–Crippen MR) is 601 cm³/mol. The van der Waals surface area contributed by atoms with E-state index in [9.17, 15) is 0 Å². The van der Waals surface area contributed by atoms with Gasteiger partial charge in [0.2, 0.25) is 0 Å². The number of aromatic nitrogens is 9. The van der Waals surface area contributed by atoms with E-state index in [4.69, 9.17) is 29.9 Å². The zero-order valence-corrected chi connectivity index (χ0v) is 78.2. The molecule has 0 N–H and O–H groups in total. The Morgan fingerprint density at radius 2 is 0.538 bits per heavy atom. The van der Waals surface area contributed by atoms with Crippen LogP contribution in [-0.4, -0.2) is 43.1 Å². The van der Waals surface area contributed by atoms with Crippen LogP contribution in [0.5, 0.6) is 0 Å². The molecule has 33 rings (SSSR count). The van der Waals surface area contributed by atoms with Gasteiger partial charge in [0, 0.05) is 67.7 Å². The van der Waals surface area contributed by atoms with E-state index in [0.29, 0.717) is 0 Å². The van der Waals surface area contributed by atoms with Crippen molar-refractivity contribution in [3.05, 3.63) is 508 Å². The topological polar surface area (TPSA) is 93.8 Å². The summed E-state index contributed by atoms with van der Waals surface area (Å²) in [4.78, 5) is 32.5. The Morgan fingerprint density at radius 1 is 0.186 bits per heavy atom. The molecule has 0 atom stereocenters. The van der Waals surface area contributed by atoms with E-state index in [1.165, 1.54) is 149 Å². The van der Waals surface area contributed by atoms with Crippen LogP contribution in [0.2, 0.25) is 0 Å². The zero-order valence-electron chi connectivity index (χ0n) is 78.2. The summed E-state index contributed by atoms with van der Waals surface area (Å²) in [5.74, 6) is 0. The quantitative estimate of drug-likeness (QED) is 0.147. The van der Waals surface area contributed by atoms with Crippen molar-refractivity contribution in [2.75, 3.05) is 4.90 Å². The fraction of sp³-hybridized carbons (Fsp3) is 0.00741. The molecule has 10 nitrogen and oxygen atoms in total. The minimum atomic E-state index is -0.371. The van der Waals surface area contributed by atoms with E-state index in [1.54, 1.807) is 0 Å². The normalized spacial score (nSPS) is 12.6. The van der Waals surface area contributed by atoms with Crippen LogP contribution in [0.25, 0.3) is 258 Å². The van der Waals surface area contributed by atoms with Crippen molar-refractivity contribution in [3.63, 3.8) is 0 Å². The van der Waals surface area contributed by atoms with Crippen LogP contribution >= 0.6 is 0 Å². The molecule has 670 valence electrons. The maximum Gasteiger partial charge on any atom is 0.148 e. The van der Waals surface area contributed by atoms with Gasteiger partial charge in [0.25, 0.3) is 0 Å². The Balaban J connectivity index is 0.0000000991. The van der Waals surface area contributed by atoms with Crippen molar-refractivity contribution in [3.8, 4) is 89.0 Å². The molecule has 3 aliphatic carbocycles. The average molecular weight is 1840 g/mol. The van der Waals surface area contributed by atoms with Crippen molar-refractivity contribution >= 4 is 186 Å². The molecule has 21 aromatic carbocycles. The molecule has 145 heavy (non-hydrogen) atoms. The fourth-order valence-electron chi connectivity index (χ4n) is 24.9. The first kappa shape index (κ1) is 80.5. The number of para-hydroxylation sites is 7. The monoisotopic (exact) mass is 1840 g/mol. The predicted octanol–water partition coefficient (Wildman–Crippen LogP) is 34.5. The molecule has 0 radical (unpaired) electrons. The third-order valence-corrected chi connectivity index (χ3v) is 31.1. The molecule has 0 fully saturated rings. The number of pyridine rings is 6. The van der Waals surface area contributed by atoms with Crippen molar-refractivity contribution in [2.45, 2.75) is 5.41 Å². The van der Waals surface area contributed by atoms with Crippen LogP contribution in [0.4, 0.5) is 17.1 Å². The van der Waals surface area contributed by atoms with Crippen molar-refractivity contribution in [2.24, 2.45) is 0 Å². The highest BCUT2D eigenvalue weighted by molar-refractivity contribution is 6.27. The van der Waals surface area contributed by atoms with E-state index in [0.717, 1.165) is 149 Å². The summed E-state index contributed by atoms with van der Waals surface area (Å²) in [6, 6.07) is 169. The van der Waals surface area contributed by atoms with Gasteiger partial charge in [0.15, 0.2) is 0 Å². The standard InChI is InChI=1S/C47H27N3.C44H28N4.C44H25N3/c1-4-14-37-31(11-1)32-12-2-5-15-38(32)47(37)39-16-6-3-13-33(39)34-22-20-29(26-40(34)47)30-21-23-35-36-24-19-28-10-9-25-48-45(28)44(36)46-49-41-17-7-8-18-42(41)50(46)43(35)27-30;1-2-13-33(14-3-1)47(39-18-8-11-30-10-4-5-15-35(30)39)34-23-19-29(20-24-34)32-22-25-36-37-26-21-31-12-9-27-45-43(31)42(37)44-46-38-16-6-7-17-40(38)48(44)41(36)28-32;1-2-12-32-31(11-1)35-14-6-13-34-30(21-22-36(32)41(34)35)29-9-5-8-27(24-29)28-18-19-33-37-20-17-26-10-7-23-45-43(26)42(37)44-46-38-15-3-4-16-39(38)47(44)40(33)25-28/h1-27H;1-28H;1-25H. The highest BCUT2D eigenvalue weighted by atomic mass is 15.1. The molecule has 0 aliphatic heterocycles. The highest BCUT2D eigenvalue weighted by Gasteiger charge is 2.52. The van der Waals surface area contributed by atoms with E-state index in [2.05, 4.69) is 467 Å². The third-order valence-electron chi connectivity index (χ3n) is 31.1. The number of hydrogen-bond donors (Lipinski definition) is 0. The van der Waals surface area contributed by atoms with Gasteiger partial charge < -0.3 is 4.90 Å². The maximum absolute atomic E-state index is 5.23. The lowest BCUT2D eigenvalue weighted by Gasteiger charge is -2.30. The second-order valence-corrected chi connectivity index (χ2v) is 38.5. The van der Waals surface area contributed by atoms with Crippen LogP contribution in [-0.2, 0) is 5.41 Å². The molecule has 10 heteroatoms. The van der Waals surface area contributed by atoms with Crippen LogP contribution in [0, 0.1) is 0 Å². The van der Waals surface area contributed by atoms with Gasteiger partial charge in [-0.15, -0.1) is 0 Å². The summed E-state index contributed by atoms with van der Waals surface area (Å²) >= 11 is 0. The van der Waals surface area contributed by atoms with Crippen LogP contribution in [0.3, 0.4) is 0 Å². The maximum atomic E-state index is 5.23. The summed E-state index contributed by atoms with van der Waals surface area (Å²) in [6.07, 6.45) is 5.63. The summed E-state index contributed by atoms with van der Waals surface area (Å²) in [5, 5.41) is 18.8. The van der Waals surface area contributed by atoms with E-state index >= 15 is 0 Å². The lowest BCUT2D eigenvalue weighted by atomic mass is 9.70. The molecule has 9 aromatic heterocycles. The largest absolute Gasteiger partial charge is 0.310 e. The van der Waals surface area contributed by atoms with E-state index in [-0.39, 0.29) is 5.41 Å². The first-order chi connectivity index (χ1) is 71.9. The molecule has 3 aliphatic rings. The minimum Gasteiger partial charge on any atom is -0.310 e. The highest BCUT2D eigenvalue weighted by Crippen LogP contribution is 2.64. The third kappa shape index (κ3) is 11.8. The Labute approximate surface area is 830 Å². The van der Waals surface area contributed by atoms with Gasteiger partial charge in [-0.25, -0.2) is 15.0 Å². The Morgan fingerprint density at radius 3 is 1.06 bits per heavy atom. The SMILES string of the molecule is c1cc(-c2ccc3c4ccc5cccnc5c4c4nc5ccccc5n4c3c2)cc(-c2ccc3c4c(cccc24)-c2ccccc2-3)c1.c1ccc(N(c2ccc(-c3ccc4c5ccc6cccnc6c5c5nc6ccccc6n5c4c3)cc2)c2cccc3ccccc23)cc1.c1ccc2c(c1)-c1ccccc1C21c2ccccc2-c2ccc(-c3ccc4c5ccc6cccnc6c5c5nc6ccccc6n5c4c3)cc21. The second-order valence-electron chi connectivity index (χ2n) is 38.5. The van der Waals surface area contributed by atoms with E-state index < -0.39 is 0 Å². The van der Waals surface area contributed by atoms with Crippen LogP contribution in [0.1, 0.15) is 22.3 Å². The molecule has 9 heterocycles. The van der Waals surface area contributed by atoms with Gasteiger partial charge in [0.1, 0.15) is 16.9 Å². The smallest absolute Gasteiger partial charge is 0.148 e. The Kier molecular flexibility index (Phi) is 17.4. The summed E-state index contributed by atoms with van der Waals surface area (Å²) in [7, 11) is 0. The average Bonchev–Trinajstić information content (AvgIpc) is 1.56. The van der Waals surface area contributed by atoms with Gasteiger partial charge in [-0.1, -0.05) is 352 Å². The Hall–Kier alpha value is -19.4. The van der Waals surface area contributed by atoms with E-state index in [1.807, 2.05) is 36.8 Å². The number of nitrogens with zero attached hydrogens (tertiary/aromatic N) is 10. The Bertz CT molecular complexity index is 10800. The first-order valence-corrected chi connectivity index (χ1v) is 49.6. The molecule has 0 unspecified atom stereocenters. The van der Waals surface area contributed by atoms with Gasteiger partial charge in [0.05, 0.1) is 93.5 Å². The molecule has 0 amide bonds. The zero-order chi connectivity index (χ0) is 94.8. The molecule has 0 saturated heterocycles. The fourth-order valence-corrected chi connectivity index (χ4v) is 24.9.